The molecule has 0 saturated carbocycles. The summed E-state index contributed by atoms with van der Waals surface area (Å²) in [5.41, 5.74) is 2.55. The lowest BCUT2D eigenvalue weighted by molar-refractivity contribution is -0.135. The van der Waals surface area contributed by atoms with Gasteiger partial charge in [0.05, 0.1) is 7.11 Å². The minimum atomic E-state index is -0.406. The van der Waals surface area contributed by atoms with Crippen LogP contribution in [0.5, 0.6) is 5.75 Å². The number of piperazine rings is 1. The van der Waals surface area contributed by atoms with Crippen LogP contribution in [0.15, 0.2) is 12.1 Å². The number of hydrogen-bond donors (Lipinski definition) is 1. The van der Waals surface area contributed by atoms with Crippen molar-refractivity contribution in [3.8, 4) is 5.75 Å². The van der Waals surface area contributed by atoms with Crippen molar-refractivity contribution in [1.29, 1.82) is 0 Å². The van der Waals surface area contributed by atoms with Crippen LogP contribution in [0.1, 0.15) is 34.3 Å². The minimum absolute atomic E-state index is 0.0190. The first kappa shape index (κ1) is 18.2. The van der Waals surface area contributed by atoms with Gasteiger partial charge in [0.25, 0.3) is 5.91 Å². The third kappa shape index (κ3) is 3.38. The van der Waals surface area contributed by atoms with Crippen molar-refractivity contribution < 1.29 is 19.1 Å². The van der Waals surface area contributed by atoms with Crippen LogP contribution in [0.25, 0.3) is 0 Å². The molecule has 2 aliphatic rings. The number of ether oxygens (including phenoxy) is 1. The highest BCUT2D eigenvalue weighted by atomic mass is 16.5. The summed E-state index contributed by atoms with van der Waals surface area (Å²) in [6.07, 6.45) is 0.964. The number of carbonyl (C=O) groups excluding carboxylic acids is 3. The van der Waals surface area contributed by atoms with Crippen molar-refractivity contribution in [2.24, 2.45) is 0 Å². The number of rotatable bonds is 3. The molecule has 3 amide bonds. The largest absolute Gasteiger partial charge is 0.496 e. The number of hydrogen-bond acceptors (Lipinski definition) is 4. The van der Waals surface area contributed by atoms with Gasteiger partial charge in [-0.05, 0) is 43.5 Å². The van der Waals surface area contributed by atoms with Crippen LogP contribution in [0.4, 0.5) is 0 Å². The van der Waals surface area contributed by atoms with E-state index in [1.165, 1.54) is 0 Å². The van der Waals surface area contributed by atoms with Crippen LogP contribution in [-0.2, 0) is 9.59 Å². The summed E-state index contributed by atoms with van der Waals surface area (Å²) in [6.45, 7) is 5.84. The Labute approximate surface area is 153 Å². The van der Waals surface area contributed by atoms with Gasteiger partial charge in [-0.2, -0.15) is 0 Å². The zero-order valence-electron chi connectivity index (χ0n) is 15.5. The Hall–Kier alpha value is -2.57. The van der Waals surface area contributed by atoms with Crippen molar-refractivity contribution in [2.45, 2.75) is 32.7 Å². The van der Waals surface area contributed by atoms with Crippen LogP contribution in [0.2, 0.25) is 0 Å². The lowest BCUT2D eigenvalue weighted by Crippen LogP contribution is -2.54. The van der Waals surface area contributed by atoms with Gasteiger partial charge in [-0.25, -0.2) is 0 Å². The molecule has 0 radical (unpaired) electrons. The molecule has 140 valence electrons. The second-order valence-corrected chi connectivity index (χ2v) is 6.84. The van der Waals surface area contributed by atoms with E-state index in [0.717, 1.165) is 16.9 Å². The van der Waals surface area contributed by atoms with Crippen molar-refractivity contribution in [3.63, 3.8) is 0 Å². The second kappa shape index (κ2) is 7.35. The van der Waals surface area contributed by atoms with Gasteiger partial charge in [0.15, 0.2) is 0 Å². The summed E-state index contributed by atoms with van der Waals surface area (Å²) < 4.78 is 5.30. The van der Waals surface area contributed by atoms with E-state index in [4.69, 9.17) is 4.74 Å². The molecule has 0 aliphatic carbocycles. The minimum Gasteiger partial charge on any atom is -0.496 e. The molecule has 1 aromatic rings. The van der Waals surface area contributed by atoms with E-state index in [1.807, 2.05) is 19.9 Å². The smallest absolute Gasteiger partial charge is 0.254 e. The summed E-state index contributed by atoms with van der Waals surface area (Å²) in [6, 6.07) is 3.21. The van der Waals surface area contributed by atoms with Crippen molar-refractivity contribution in [3.05, 3.63) is 28.8 Å². The molecule has 2 fully saturated rings. The van der Waals surface area contributed by atoms with E-state index in [-0.39, 0.29) is 17.7 Å². The lowest BCUT2D eigenvalue weighted by atomic mass is 10.0. The van der Waals surface area contributed by atoms with E-state index in [9.17, 15) is 14.4 Å². The Morgan fingerprint density at radius 1 is 1.08 bits per heavy atom. The predicted molar refractivity (Wildman–Crippen MR) is 96.1 cm³/mol. The number of nitrogens with zero attached hydrogens (tertiary/aromatic N) is 2. The molecule has 26 heavy (non-hydrogen) atoms. The molecule has 2 heterocycles. The van der Waals surface area contributed by atoms with Crippen LogP contribution >= 0.6 is 0 Å². The molecular formula is C19H25N3O4. The molecule has 7 heteroatoms. The third-order valence-electron chi connectivity index (χ3n) is 5.36. The average Bonchev–Trinajstić information content (AvgIpc) is 3.09. The van der Waals surface area contributed by atoms with E-state index in [2.05, 4.69) is 5.32 Å². The lowest BCUT2D eigenvalue weighted by Gasteiger charge is -2.36. The van der Waals surface area contributed by atoms with Gasteiger partial charge in [0, 0.05) is 38.2 Å². The normalized spacial score (nSPS) is 20.1. The molecular weight excluding hydrogens is 334 g/mol. The Morgan fingerprint density at radius 2 is 1.73 bits per heavy atom. The molecule has 2 aliphatic heterocycles. The Bertz CT molecular complexity index is 739. The maximum absolute atomic E-state index is 12.9. The highest BCUT2D eigenvalue weighted by Crippen LogP contribution is 2.25. The Kier molecular flexibility index (Phi) is 5.15. The predicted octanol–water partition coefficient (Wildman–Crippen LogP) is 0.875. The van der Waals surface area contributed by atoms with Crippen LogP contribution in [0.3, 0.4) is 0 Å². The zero-order chi connectivity index (χ0) is 18.8. The summed E-state index contributed by atoms with van der Waals surface area (Å²) in [5, 5.41) is 2.71. The highest BCUT2D eigenvalue weighted by molar-refractivity contribution is 5.96. The van der Waals surface area contributed by atoms with Crippen LogP contribution in [-0.4, -0.2) is 66.9 Å². The number of amides is 3. The molecule has 7 nitrogen and oxygen atoms in total. The molecule has 1 aromatic carbocycles. The van der Waals surface area contributed by atoms with Gasteiger partial charge in [0.2, 0.25) is 11.8 Å². The first-order valence-corrected chi connectivity index (χ1v) is 8.94. The number of methoxy groups -OCH3 is 1. The maximum atomic E-state index is 12.9. The van der Waals surface area contributed by atoms with Crippen molar-refractivity contribution >= 4 is 17.7 Å². The topological polar surface area (TPSA) is 79.0 Å². The summed E-state index contributed by atoms with van der Waals surface area (Å²) in [5.74, 6) is 0.643. The molecule has 0 bridgehead atoms. The van der Waals surface area contributed by atoms with Gasteiger partial charge < -0.3 is 19.9 Å². The van der Waals surface area contributed by atoms with Gasteiger partial charge in [0.1, 0.15) is 11.8 Å². The standard InChI is InChI=1S/C19H25N3O4/c1-12-13(2)16(26-3)6-4-14(12)18(24)21-8-10-22(11-9-21)19(25)15-5-7-17(23)20-15/h4,6,15H,5,7-11H2,1-3H3,(H,20,23). The fraction of sp³-hybridized carbons (Fsp3) is 0.526. The average molecular weight is 359 g/mol. The monoisotopic (exact) mass is 359 g/mol. The first-order chi connectivity index (χ1) is 12.4. The van der Waals surface area contributed by atoms with E-state index < -0.39 is 6.04 Å². The summed E-state index contributed by atoms with van der Waals surface area (Å²) in [4.78, 5) is 40.2. The fourth-order valence-corrected chi connectivity index (χ4v) is 3.57. The first-order valence-electron chi connectivity index (χ1n) is 8.94. The van der Waals surface area contributed by atoms with Crippen LogP contribution in [0, 0.1) is 13.8 Å². The van der Waals surface area contributed by atoms with Crippen molar-refractivity contribution in [1.82, 2.24) is 15.1 Å². The molecule has 1 unspecified atom stereocenters. The second-order valence-electron chi connectivity index (χ2n) is 6.84. The highest BCUT2D eigenvalue weighted by Gasteiger charge is 2.33. The third-order valence-corrected chi connectivity index (χ3v) is 5.36. The fourth-order valence-electron chi connectivity index (χ4n) is 3.57. The van der Waals surface area contributed by atoms with E-state index in [1.54, 1.807) is 23.0 Å². The molecule has 1 N–H and O–H groups in total. The SMILES string of the molecule is COc1ccc(C(=O)N2CCN(C(=O)C3CCC(=O)N3)CC2)c(C)c1C. The van der Waals surface area contributed by atoms with Gasteiger partial charge >= 0.3 is 0 Å². The zero-order valence-corrected chi connectivity index (χ0v) is 15.5. The molecule has 0 spiro atoms. The maximum Gasteiger partial charge on any atom is 0.254 e. The summed E-state index contributed by atoms with van der Waals surface area (Å²) >= 11 is 0. The number of carbonyl (C=O) groups is 3. The molecule has 3 rings (SSSR count). The van der Waals surface area contributed by atoms with E-state index >= 15 is 0 Å². The van der Waals surface area contributed by atoms with Crippen molar-refractivity contribution in [2.75, 3.05) is 33.3 Å². The van der Waals surface area contributed by atoms with Gasteiger partial charge in [-0.15, -0.1) is 0 Å². The quantitative estimate of drug-likeness (QED) is 0.869. The summed E-state index contributed by atoms with van der Waals surface area (Å²) in [7, 11) is 1.62. The van der Waals surface area contributed by atoms with E-state index in [0.29, 0.717) is 44.6 Å². The number of nitrogens with one attached hydrogen (secondary N) is 1. The Balaban J connectivity index is 1.63. The van der Waals surface area contributed by atoms with Gasteiger partial charge in [-0.1, -0.05) is 0 Å². The molecule has 0 aromatic heterocycles. The Morgan fingerprint density at radius 3 is 2.31 bits per heavy atom. The van der Waals surface area contributed by atoms with Gasteiger partial charge in [-0.3, -0.25) is 14.4 Å². The molecule has 2 saturated heterocycles. The molecule has 1 atom stereocenters. The van der Waals surface area contributed by atoms with Crippen LogP contribution < -0.4 is 10.1 Å². The number of benzene rings is 1.